The summed E-state index contributed by atoms with van der Waals surface area (Å²) in [6, 6.07) is 12.9. The molecule has 2 amide bonds. The number of rotatable bonds is 5. The number of nitrogens with one attached hydrogen (secondary N) is 1. The van der Waals surface area contributed by atoms with Crippen LogP contribution in [0.5, 0.6) is 0 Å². The Bertz CT molecular complexity index is 1360. The van der Waals surface area contributed by atoms with Crippen molar-refractivity contribution in [3.05, 3.63) is 77.0 Å². The number of amides is 2. The van der Waals surface area contributed by atoms with E-state index in [1.807, 2.05) is 31.2 Å². The first-order valence-corrected chi connectivity index (χ1v) is 12.9. The summed E-state index contributed by atoms with van der Waals surface area (Å²) in [4.78, 5) is 30.6. The number of piperidine rings is 2. The number of aromatic nitrogens is 1. The lowest BCUT2D eigenvalue weighted by Crippen LogP contribution is -2.49. The molecule has 0 radical (unpaired) electrons. The van der Waals surface area contributed by atoms with Crippen LogP contribution in [0.15, 0.2) is 54.7 Å². The van der Waals surface area contributed by atoms with Crippen molar-refractivity contribution in [3.63, 3.8) is 0 Å². The average molecular weight is 526 g/mol. The fraction of sp³-hybridized carbons (Fsp3) is 0.414. The first kappa shape index (κ1) is 26.3. The third-order valence-electron chi connectivity index (χ3n) is 7.99. The zero-order chi connectivity index (χ0) is 27.1. The van der Waals surface area contributed by atoms with Crippen LogP contribution < -0.4 is 5.32 Å². The van der Waals surface area contributed by atoms with Gasteiger partial charge in [-0.2, -0.15) is 13.2 Å². The van der Waals surface area contributed by atoms with Crippen LogP contribution in [0.25, 0.3) is 10.9 Å². The minimum Gasteiger partial charge on any atom is -0.385 e. The van der Waals surface area contributed by atoms with Gasteiger partial charge in [0.2, 0.25) is 11.8 Å². The highest BCUT2D eigenvalue weighted by Crippen LogP contribution is 2.41. The maximum Gasteiger partial charge on any atom is 0.416 e. The predicted molar refractivity (Wildman–Crippen MR) is 136 cm³/mol. The zero-order valence-corrected chi connectivity index (χ0v) is 21.1. The molecule has 0 spiro atoms. The summed E-state index contributed by atoms with van der Waals surface area (Å²) in [5, 5.41) is 15.1. The number of hydrogen-bond donors (Lipinski definition) is 2. The molecule has 2 aliphatic rings. The predicted octanol–water partition coefficient (Wildman–Crippen LogP) is 4.89. The smallest absolute Gasteiger partial charge is 0.385 e. The zero-order valence-electron chi connectivity index (χ0n) is 21.1. The molecule has 1 aromatic heterocycles. The Morgan fingerprint density at radius 1 is 1.13 bits per heavy atom. The molecule has 2 fully saturated rings. The number of nitrogens with zero attached hydrogens (tertiary/aromatic N) is 2. The van der Waals surface area contributed by atoms with Gasteiger partial charge in [0.15, 0.2) is 0 Å². The van der Waals surface area contributed by atoms with Gasteiger partial charge < -0.3 is 5.11 Å². The van der Waals surface area contributed by atoms with Crippen LogP contribution >= 0.6 is 0 Å². The third kappa shape index (κ3) is 5.17. The van der Waals surface area contributed by atoms with Gasteiger partial charge in [-0.1, -0.05) is 25.1 Å². The van der Waals surface area contributed by atoms with Crippen LogP contribution in [-0.2, 0) is 27.9 Å². The highest BCUT2D eigenvalue weighted by atomic mass is 19.4. The van der Waals surface area contributed by atoms with Crippen LogP contribution in [-0.4, -0.2) is 39.9 Å². The Balaban J connectivity index is 1.34. The van der Waals surface area contributed by atoms with Crippen LogP contribution in [0.1, 0.15) is 60.8 Å². The number of benzene rings is 2. The molecule has 2 aromatic carbocycles. The second kappa shape index (κ2) is 10.1. The standard InChI is InChI=1S/C29H30F3N3O3/c1-2-21-17-35(16-18-3-5-22(6-4-18)29(30,31)32)12-11-28(21,38)23-7-9-25-19(14-23)13-20(15-33-25)24-8-10-26(36)34-27(24)37/h3-7,9,13-15,21,24,38H,2,8,10-12,16-17H2,1H3,(H,34,36,37)/t21-,24?,28+/m0/s1. The molecular formula is C29H30F3N3O3. The van der Waals surface area contributed by atoms with Crippen molar-refractivity contribution < 1.29 is 27.9 Å². The number of likely N-dealkylation sites (tertiary alicyclic amines) is 1. The molecule has 38 heavy (non-hydrogen) atoms. The quantitative estimate of drug-likeness (QED) is 0.464. The summed E-state index contributed by atoms with van der Waals surface area (Å²) in [6.07, 6.45) is -0.745. The van der Waals surface area contributed by atoms with Gasteiger partial charge in [0.1, 0.15) is 0 Å². The van der Waals surface area contributed by atoms with Gasteiger partial charge in [-0.3, -0.25) is 24.8 Å². The number of carbonyl (C=O) groups excluding carboxylic acids is 2. The van der Waals surface area contributed by atoms with Crippen molar-refractivity contribution in [2.75, 3.05) is 13.1 Å². The van der Waals surface area contributed by atoms with E-state index in [2.05, 4.69) is 15.2 Å². The van der Waals surface area contributed by atoms with Crippen molar-refractivity contribution >= 4 is 22.7 Å². The van der Waals surface area contributed by atoms with E-state index < -0.39 is 23.3 Å². The number of aliphatic hydroxyl groups is 1. The lowest BCUT2D eigenvalue weighted by molar-refractivity contribution is -0.138. The molecule has 2 N–H and O–H groups in total. The molecule has 6 nitrogen and oxygen atoms in total. The molecule has 0 saturated carbocycles. The summed E-state index contributed by atoms with van der Waals surface area (Å²) < 4.78 is 38.7. The summed E-state index contributed by atoms with van der Waals surface area (Å²) in [6.45, 7) is 3.75. The number of carbonyl (C=O) groups is 2. The Hall–Kier alpha value is -3.30. The number of halogens is 3. The molecule has 3 aromatic rings. The van der Waals surface area contributed by atoms with Gasteiger partial charge >= 0.3 is 6.18 Å². The first-order chi connectivity index (χ1) is 18.1. The van der Waals surface area contributed by atoms with E-state index in [4.69, 9.17) is 0 Å². The molecule has 3 atom stereocenters. The monoisotopic (exact) mass is 525 g/mol. The summed E-state index contributed by atoms with van der Waals surface area (Å²) in [5.41, 5.74) is 1.35. The van der Waals surface area contributed by atoms with Crippen molar-refractivity contribution in [1.82, 2.24) is 15.2 Å². The maximum atomic E-state index is 12.9. The molecule has 9 heteroatoms. The topological polar surface area (TPSA) is 82.5 Å². The molecule has 1 unspecified atom stereocenters. The minimum atomic E-state index is -4.36. The van der Waals surface area contributed by atoms with E-state index in [1.54, 1.807) is 6.20 Å². The number of hydrogen-bond acceptors (Lipinski definition) is 5. The molecular weight excluding hydrogens is 495 g/mol. The van der Waals surface area contributed by atoms with Crippen LogP contribution in [0, 0.1) is 5.92 Å². The SMILES string of the molecule is CC[C@H]1CN(Cc2ccc(C(F)(F)F)cc2)CC[C@]1(O)c1ccc2ncc(C3CCC(=O)NC3=O)cc2c1. The molecule has 2 aliphatic heterocycles. The molecule has 3 heterocycles. The summed E-state index contributed by atoms with van der Waals surface area (Å²) in [7, 11) is 0. The molecule has 2 saturated heterocycles. The van der Waals surface area contributed by atoms with E-state index in [9.17, 15) is 27.9 Å². The second-order valence-corrected chi connectivity index (χ2v) is 10.4. The Morgan fingerprint density at radius 3 is 2.58 bits per heavy atom. The van der Waals surface area contributed by atoms with E-state index in [-0.39, 0.29) is 24.2 Å². The van der Waals surface area contributed by atoms with Gasteiger partial charge in [-0.05, 0) is 66.3 Å². The fourth-order valence-corrected chi connectivity index (χ4v) is 5.75. The normalized spacial score (nSPS) is 25.0. The van der Waals surface area contributed by atoms with Gasteiger partial charge in [0.25, 0.3) is 0 Å². The Labute approximate surface area is 218 Å². The lowest BCUT2D eigenvalue weighted by atomic mass is 9.74. The second-order valence-electron chi connectivity index (χ2n) is 10.4. The van der Waals surface area contributed by atoms with Crippen LogP contribution in [0.2, 0.25) is 0 Å². The fourth-order valence-electron chi connectivity index (χ4n) is 5.75. The highest BCUT2D eigenvalue weighted by molar-refractivity contribution is 6.01. The number of alkyl halides is 3. The number of pyridine rings is 1. The molecule has 5 rings (SSSR count). The largest absolute Gasteiger partial charge is 0.416 e. The van der Waals surface area contributed by atoms with Gasteiger partial charge in [0.05, 0.1) is 22.6 Å². The van der Waals surface area contributed by atoms with Gasteiger partial charge in [0, 0.05) is 43.6 Å². The molecule has 0 bridgehead atoms. The van der Waals surface area contributed by atoms with E-state index in [1.165, 1.54) is 12.1 Å². The van der Waals surface area contributed by atoms with Gasteiger partial charge in [-0.25, -0.2) is 0 Å². The molecule has 200 valence electrons. The minimum absolute atomic E-state index is 0.0746. The van der Waals surface area contributed by atoms with E-state index >= 15 is 0 Å². The average Bonchev–Trinajstić information content (AvgIpc) is 2.89. The van der Waals surface area contributed by atoms with Crippen LogP contribution in [0.4, 0.5) is 13.2 Å². The van der Waals surface area contributed by atoms with E-state index in [0.29, 0.717) is 32.5 Å². The Morgan fingerprint density at radius 2 is 1.89 bits per heavy atom. The van der Waals surface area contributed by atoms with Crippen molar-refractivity contribution in [1.29, 1.82) is 0 Å². The summed E-state index contributed by atoms with van der Waals surface area (Å²) in [5.74, 6) is -1.09. The number of imide groups is 1. The Kier molecular flexibility index (Phi) is 7.00. The van der Waals surface area contributed by atoms with Crippen molar-refractivity contribution in [3.8, 4) is 0 Å². The van der Waals surface area contributed by atoms with Crippen molar-refractivity contribution in [2.24, 2.45) is 5.92 Å². The molecule has 0 aliphatic carbocycles. The first-order valence-electron chi connectivity index (χ1n) is 12.9. The highest BCUT2D eigenvalue weighted by Gasteiger charge is 2.42. The lowest BCUT2D eigenvalue weighted by Gasteiger charge is -2.45. The van der Waals surface area contributed by atoms with Crippen LogP contribution in [0.3, 0.4) is 0 Å². The summed E-state index contributed by atoms with van der Waals surface area (Å²) >= 11 is 0. The van der Waals surface area contributed by atoms with Crippen molar-refractivity contribution in [2.45, 2.75) is 56.8 Å². The maximum absolute atomic E-state index is 12.9. The third-order valence-corrected chi connectivity index (χ3v) is 7.99. The van der Waals surface area contributed by atoms with Gasteiger partial charge in [-0.15, -0.1) is 0 Å². The number of fused-ring (bicyclic) bond motifs is 1. The van der Waals surface area contributed by atoms with E-state index in [0.717, 1.165) is 46.1 Å².